The highest BCUT2D eigenvalue weighted by Crippen LogP contribution is 2.35. The number of aryl methyl sites for hydroxylation is 2. The van der Waals surface area contributed by atoms with E-state index in [9.17, 15) is 5.11 Å². The standard InChI is InChI=1S/C9H9N3O.C9H10O2/c1-6-2-3-7-8(11-12-10)5-13-9(7)4-6;1-6-2-3-7-8(10)5-11-9(7)4-6/h2-4,8H,5H2,1H3;2-4,8,10H,5H2,1H3/t2*8-/m10/s1. The van der Waals surface area contributed by atoms with Crippen LogP contribution in [0.1, 0.15) is 34.4 Å². The number of nitrogens with zero attached hydrogens (tertiary/aromatic N) is 3. The Balaban J connectivity index is 0.000000143. The summed E-state index contributed by atoms with van der Waals surface area (Å²) in [6.45, 7) is 4.88. The van der Waals surface area contributed by atoms with E-state index >= 15 is 0 Å². The van der Waals surface area contributed by atoms with Crippen LogP contribution in [0.2, 0.25) is 0 Å². The van der Waals surface area contributed by atoms with E-state index in [4.69, 9.17) is 15.0 Å². The molecule has 0 saturated carbocycles. The molecule has 0 aromatic heterocycles. The number of aliphatic hydroxyl groups excluding tert-OH is 1. The first-order chi connectivity index (χ1) is 11.6. The highest BCUT2D eigenvalue weighted by Gasteiger charge is 2.22. The zero-order valence-electron chi connectivity index (χ0n) is 13.6. The molecule has 6 nitrogen and oxygen atoms in total. The maximum Gasteiger partial charge on any atom is 0.125 e. The van der Waals surface area contributed by atoms with Crippen LogP contribution in [0.3, 0.4) is 0 Å². The first-order valence-corrected chi connectivity index (χ1v) is 7.77. The summed E-state index contributed by atoms with van der Waals surface area (Å²) in [4.78, 5) is 2.78. The van der Waals surface area contributed by atoms with Crippen molar-refractivity contribution in [1.82, 2.24) is 0 Å². The fourth-order valence-electron chi connectivity index (χ4n) is 2.76. The first-order valence-electron chi connectivity index (χ1n) is 7.77. The van der Waals surface area contributed by atoms with Crippen LogP contribution >= 0.6 is 0 Å². The average Bonchev–Trinajstić information content (AvgIpc) is 3.12. The third-order valence-electron chi connectivity index (χ3n) is 4.04. The molecule has 0 aliphatic carbocycles. The van der Waals surface area contributed by atoms with Crippen molar-refractivity contribution in [1.29, 1.82) is 0 Å². The average molecular weight is 325 g/mol. The molecule has 0 fully saturated rings. The quantitative estimate of drug-likeness (QED) is 0.485. The van der Waals surface area contributed by atoms with Gasteiger partial charge in [-0.15, -0.1) is 0 Å². The predicted molar refractivity (Wildman–Crippen MR) is 90.2 cm³/mol. The van der Waals surface area contributed by atoms with E-state index in [0.717, 1.165) is 33.8 Å². The molecule has 0 unspecified atom stereocenters. The number of hydrogen-bond donors (Lipinski definition) is 1. The van der Waals surface area contributed by atoms with Crippen LogP contribution in [0.5, 0.6) is 11.5 Å². The maximum absolute atomic E-state index is 9.35. The summed E-state index contributed by atoms with van der Waals surface area (Å²) in [5.74, 6) is 1.68. The number of azide groups is 1. The lowest BCUT2D eigenvalue weighted by atomic mass is 10.1. The predicted octanol–water partition coefficient (Wildman–Crippen LogP) is 4.16. The molecule has 2 heterocycles. The topological polar surface area (TPSA) is 87.5 Å². The summed E-state index contributed by atoms with van der Waals surface area (Å²) >= 11 is 0. The number of hydrogen-bond acceptors (Lipinski definition) is 4. The SMILES string of the molecule is Cc1ccc2c(c1)OC[C@@H]2O.Cc1ccc2c(c1)OC[C@H]2N=[N+]=[N-]. The van der Waals surface area contributed by atoms with Gasteiger partial charge >= 0.3 is 0 Å². The van der Waals surface area contributed by atoms with Gasteiger partial charge in [-0.05, 0) is 42.6 Å². The lowest BCUT2D eigenvalue weighted by molar-refractivity contribution is 0.140. The summed E-state index contributed by atoms with van der Waals surface area (Å²) in [5.41, 5.74) is 12.5. The molecular formula is C18H19N3O3. The van der Waals surface area contributed by atoms with Crippen molar-refractivity contribution in [2.75, 3.05) is 13.2 Å². The summed E-state index contributed by atoms with van der Waals surface area (Å²) in [7, 11) is 0. The highest BCUT2D eigenvalue weighted by molar-refractivity contribution is 5.42. The molecule has 2 aliphatic heterocycles. The number of ether oxygens (including phenoxy) is 2. The second-order valence-corrected chi connectivity index (χ2v) is 5.94. The highest BCUT2D eigenvalue weighted by atomic mass is 16.5. The van der Waals surface area contributed by atoms with Gasteiger partial charge in [0.2, 0.25) is 0 Å². The van der Waals surface area contributed by atoms with E-state index in [0.29, 0.717) is 13.2 Å². The Morgan fingerprint density at radius 2 is 1.58 bits per heavy atom. The van der Waals surface area contributed by atoms with Gasteiger partial charge in [0.05, 0.1) is 0 Å². The van der Waals surface area contributed by atoms with Crippen LogP contribution in [0, 0.1) is 13.8 Å². The van der Waals surface area contributed by atoms with Crippen molar-refractivity contribution >= 4 is 0 Å². The first kappa shape index (κ1) is 16.2. The number of fused-ring (bicyclic) bond motifs is 2. The van der Waals surface area contributed by atoms with Crippen LogP contribution in [-0.4, -0.2) is 18.3 Å². The van der Waals surface area contributed by atoms with Gasteiger partial charge in [0.15, 0.2) is 0 Å². The molecule has 1 N–H and O–H groups in total. The van der Waals surface area contributed by atoms with Gasteiger partial charge in [-0.2, -0.15) is 0 Å². The molecule has 6 heteroatoms. The minimum absolute atomic E-state index is 0.152. The smallest absolute Gasteiger partial charge is 0.125 e. The monoisotopic (exact) mass is 325 g/mol. The Morgan fingerprint density at radius 3 is 2.25 bits per heavy atom. The Bertz CT molecular complexity index is 800. The van der Waals surface area contributed by atoms with Gasteiger partial charge in [-0.25, -0.2) is 0 Å². The van der Waals surface area contributed by atoms with Crippen LogP contribution < -0.4 is 9.47 Å². The van der Waals surface area contributed by atoms with Crippen molar-refractivity contribution in [3.63, 3.8) is 0 Å². The molecule has 124 valence electrons. The summed E-state index contributed by atoms with van der Waals surface area (Å²) in [5, 5.41) is 13.0. The second kappa shape index (κ2) is 6.83. The summed E-state index contributed by atoms with van der Waals surface area (Å²) in [6, 6.07) is 11.6. The molecule has 24 heavy (non-hydrogen) atoms. The van der Waals surface area contributed by atoms with Crippen molar-refractivity contribution in [3.05, 3.63) is 69.1 Å². The Labute approximate surface area is 140 Å². The van der Waals surface area contributed by atoms with Crippen molar-refractivity contribution in [3.8, 4) is 11.5 Å². The van der Waals surface area contributed by atoms with E-state index < -0.39 is 6.10 Å². The molecule has 2 aliphatic rings. The molecular weight excluding hydrogens is 306 g/mol. The van der Waals surface area contributed by atoms with Crippen molar-refractivity contribution in [2.24, 2.45) is 5.11 Å². The third-order valence-corrected chi connectivity index (χ3v) is 4.04. The van der Waals surface area contributed by atoms with E-state index in [1.165, 1.54) is 0 Å². The van der Waals surface area contributed by atoms with Gasteiger partial charge in [-0.1, -0.05) is 29.4 Å². The minimum atomic E-state index is -0.425. The van der Waals surface area contributed by atoms with Crippen LogP contribution in [-0.2, 0) is 0 Å². The van der Waals surface area contributed by atoms with Gasteiger partial charge in [0.1, 0.15) is 36.9 Å². The molecule has 0 amide bonds. The Kier molecular flexibility index (Phi) is 4.60. The normalized spacial score (nSPS) is 19.8. The maximum atomic E-state index is 9.35. The number of rotatable bonds is 1. The molecule has 4 rings (SSSR count). The largest absolute Gasteiger partial charge is 0.493 e. The van der Waals surface area contributed by atoms with Crippen molar-refractivity contribution in [2.45, 2.75) is 26.0 Å². The van der Waals surface area contributed by atoms with E-state index in [2.05, 4.69) is 10.0 Å². The van der Waals surface area contributed by atoms with Crippen LogP contribution in [0.15, 0.2) is 41.5 Å². The molecule has 0 spiro atoms. The van der Waals surface area contributed by atoms with E-state index in [-0.39, 0.29) is 6.04 Å². The third kappa shape index (κ3) is 3.30. The molecule has 2 aromatic rings. The van der Waals surface area contributed by atoms with Crippen LogP contribution in [0.25, 0.3) is 10.4 Å². The molecule has 2 atom stereocenters. The van der Waals surface area contributed by atoms with Crippen molar-refractivity contribution < 1.29 is 14.6 Å². The zero-order chi connectivity index (χ0) is 17.1. The summed E-state index contributed by atoms with van der Waals surface area (Å²) in [6.07, 6.45) is -0.425. The Morgan fingerprint density at radius 1 is 1.00 bits per heavy atom. The molecule has 0 saturated heterocycles. The number of aliphatic hydroxyl groups is 1. The lowest BCUT2D eigenvalue weighted by Gasteiger charge is -1.99. The van der Waals surface area contributed by atoms with Gasteiger partial charge < -0.3 is 14.6 Å². The van der Waals surface area contributed by atoms with Gasteiger partial charge in [-0.3, -0.25) is 0 Å². The van der Waals surface area contributed by atoms with Gasteiger partial charge in [0.25, 0.3) is 0 Å². The minimum Gasteiger partial charge on any atom is -0.493 e. The van der Waals surface area contributed by atoms with Gasteiger partial charge in [0, 0.05) is 16.0 Å². The number of benzene rings is 2. The van der Waals surface area contributed by atoms with E-state index in [1.54, 1.807) is 0 Å². The lowest BCUT2D eigenvalue weighted by Crippen LogP contribution is -1.97. The van der Waals surface area contributed by atoms with Crippen LogP contribution in [0.4, 0.5) is 0 Å². The Hall–Kier alpha value is -2.69. The summed E-state index contributed by atoms with van der Waals surface area (Å²) < 4.78 is 10.6. The second-order valence-electron chi connectivity index (χ2n) is 5.94. The van der Waals surface area contributed by atoms with E-state index in [1.807, 2.05) is 50.2 Å². The fraction of sp³-hybridized carbons (Fsp3) is 0.333. The molecule has 0 radical (unpaired) electrons. The molecule has 0 bridgehead atoms. The zero-order valence-corrected chi connectivity index (χ0v) is 13.6. The fourth-order valence-corrected chi connectivity index (χ4v) is 2.76. The molecule has 2 aromatic carbocycles.